The van der Waals surface area contributed by atoms with Crippen molar-refractivity contribution < 1.29 is 13.6 Å². The first-order valence-electron chi connectivity index (χ1n) is 6.62. The molecule has 1 N–H and O–H groups in total. The van der Waals surface area contributed by atoms with E-state index in [-0.39, 0.29) is 22.9 Å². The fourth-order valence-electron chi connectivity index (χ4n) is 2.05. The van der Waals surface area contributed by atoms with Crippen LogP contribution in [0.1, 0.15) is 10.5 Å². The van der Waals surface area contributed by atoms with Gasteiger partial charge in [0.05, 0.1) is 5.69 Å². The number of hydrogen-bond acceptors (Lipinski definition) is 4. The number of carbonyl (C=O) groups excluding carboxylic acids is 1. The van der Waals surface area contributed by atoms with Crippen LogP contribution in [0.2, 0.25) is 0 Å². The van der Waals surface area contributed by atoms with Gasteiger partial charge in [-0.15, -0.1) is 0 Å². The van der Waals surface area contributed by atoms with E-state index in [9.17, 15) is 13.6 Å². The lowest BCUT2D eigenvalue weighted by Gasteiger charge is -2.03. The van der Waals surface area contributed by atoms with Gasteiger partial charge in [-0.05, 0) is 30.3 Å². The average Bonchev–Trinajstić information content (AvgIpc) is 2.92. The highest BCUT2D eigenvalue weighted by Crippen LogP contribution is 2.24. The SMILES string of the molecule is Cn1nc(C(=O)Nc2ncccn2)cc1-c1cc(F)ccc1F. The van der Waals surface area contributed by atoms with E-state index in [0.29, 0.717) is 0 Å². The van der Waals surface area contributed by atoms with Crippen molar-refractivity contribution in [3.05, 3.63) is 60.1 Å². The summed E-state index contributed by atoms with van der Waals surface area (Å²) in [6.45, 7) is 0. The molecule has 0 aliphatic heterocycles. The van der Waals surface area contributed by atoms with Gasteiger partial charge in [-0.1, -0.05) is 0 Å². The summed E-state index contributed by atoms with van der Waals surface area (Å²) >= 11 is 0. The Balaban J connectivity index is 1.92. The Morgan fingerprint density at radius 1 is 1.17 bits per heavy atom. The fourth-order valence-corrected chi connectivity index (χ4v) is 2.05. The third-order valence-electron chi connectivity index (χ3n) is 3.11. The number of aryl methyl sites for hydroxylation is 1. The second-order valence-corrected chi connectivity index (χ2v) is 4.69. The molecule has 2 aromatic heterocycles. The van der Waals surface area contributed by atoms with Crippen molar-refractivity contribution in [3.8, 4) is 11.3 Å². The predicted molar refractivity (Wildman–Crippen MR) is 78.5 cm³/mol. The molecule has 8 heteroatoms. The zero-order valence-electron chi connectivity index (χ0n) is 12.0. The van der Waals surface area contributed by atoms with Gasteiger partial charge in [-0.3, -0.25) is 14.8 Å². The van der Waals surface area contributed by atoms with Gasteiger partial charge >= 0.3 is 0 Å². The van der Waals surface area contributed by atoms with Gasteiger partial charge in [-0.2, -0.15) is 5.10 Å². The van der Waals surface area contributed by atoms with Crippen LogP contribution < -0.4 is 5.32 Å². The summed E-state index contributed by atoms with van der Waals surface area (Å²) in [6, 6.07) is 6.08. The third kappa shape index (κ3) is 3.05. The van der Waals surface area contributed by atoms with Crippen LogP contribution in [0.4, 0.5) is 14.7 Å². The molecule has 0 aliphatic rings. The summed E-state index contributed by atoms with van der Waals surface area (Å²) in [5.74, 6) is -1.60. The second kappa shape index (κ2) is 5.91. The van der Waals surface area contributed by atoms with Crippen LogP contribution >= 0.6 is 0 Å². The number of nitrogens with zero attached hydrogens (tertiary/aromatic N) is 4. The Morgan fingerprint density at radius 3 is 2.65 bits per heavy atom. The van der Waals surface area contributed by atoms with Crippen LogP contribution in [0.3, 0.4) is 0 Å². The third-order valence-corrected chi connectivity index (χ3v) is 3.11. The quantitative estimate of drug-likeness (QED) is 0.805. The smallest absolute Gasteiger partial charge is 0.278 e. The molecular formula is C15H11F2N5O. The molecule has 0 saturated heterocycles. The summed E-state index contributed by atoms with van der Waals surface area (Å²) in [5, 5.41) is 6.49. The minimum Gasteiger partial charge on any atom is -0.289 e. The maximum atomic E-state index is 13.9. The topological polar surface area (TPSA) is 72.7 Å². The molecule has 0 fully saturated rings. The summed E-state index contributed by atoms with van der Waals surface area (Å²) in [5.41, 5.74) is 0.342. The molecule has 0 unspecified atom stereocenters. The Hall–Kier alpha value is -3.16. The standard InChI is InChI=1S/C15H11F2N5O/c1-22-13(10-7-9(16)3-4-11(10)17)8-12(21-22)14(23)20-15-18-5-2-6-19-15/h2-8H,1H3,(H,18,19,20,23). The first-order chi connectivity index (χ1) is 11.0. The number of carbonyl (C=O) groups is 1. The Bertz CT molecular complexity index is 864. The molecule has 116 valence electrons. The lowest BCUT2D eigenvalue weighted by molar-refractivity contribution is 0.102. The van der Waals surface area contributed by atoms with E-state index in [1.807, 2.05) is 0 Å². The summed E-state index contributed by atoms with van der Waals surface area (Å²) in [4.78, 5) is 19.9. The largest absolute Gasteiger partial charge is 0.289 e. The normalized spacial score (nSPS) is 10.6. The van der Waals surface area contributed by atoms with E-state index in [0.717, 1.165) is 18.2 Å². The first-order valence-corrected chi connectivity index (χ1v) is 6.62. The van der Waals surface area contributed by atoms with E-state index in [2.05, 4.69) is 20.4 Å². The molecule has 3 aromatic rings. The van der Waals surface area contributed by atoms with Crippen LogP contribution in [-0.2, 0) is 7.05 Å². The summed E-state index contributed by atoms with van der Waals surface area (Å²) in [6.07, 6.45) is 2.96. The Morgan fingerprint density at radius 2 is 1.91 bits per heavy atom. The number of hydrogen-bond donors (Lipinski definition) is 1. The van der Waals surface area contributed by atoms with Gasteiger partial charge in [0, 0.05) is 25.0 Å². The van der Waals surface area contributed by atoms with Crippen molar-refractivity contribution in [3.63, 3.8) is 0 Å². The Kier molecular flexibility index (Phi) is 3.80. The maximum absolute atomic E-state index is 13.9. The van der Waals surface area contributed by atoms with E-state index in [4.69, 9.17) is 0 Å². The zero-order valence-corrected chi connectivity index (χ0v) is 12.0. The minimum atomic E-state index is -0.604. The van der Waals surface area contributed by atoms with Gasteiger partial charge in [0.15, 0.2) is 5.69 Å². The van der Waals surface area contributed by atoms with Crippen LogP contribution in [0.25, 0.3) is 11.3 Å². The van der Waals surface area contributed by atoms with Crippen LogP contribution in [0.15, 0.2) is 42.7 Å². The molecule has 1 aromatic carbocycles. The van der Waals surface area contributed by atoms with Gasteiger partial charge in [0.1, 0.15) is 11.6 Å². The van der Waals surface area contributed by atoms with E-state index >= 15 is 0 Å². The highest BCUT2D eigenvalue weighted by Gasteiger charge is 2.17. The number of aromatic nitrogens is 4. The fraction of sp³-hybridized carbons (Fsp3) is 0.0667. The number of rotatable bonds is 3. The van der Waals surface area contributed by atoms with E-state index in [1.165, 1.54) is 30.2 Å². The molecule has 0 aliphatic carbocycles. The predicted octanol–water partition coefficient (Wildman–Crippen LogP) is 2.41. The summed E-state index contributed by atoms with van der Waals surface area (Å²) in [7, 11) is 1.54. The van der Waals surface area contributed by atoms with Crippen molar-refractivity contribution in [1.82, 2.24) is 19.7 Å². The number of amides is 1. The van der Waals surface area contributed by atoms with Crippen LogP contribution in [0, 0.1) is 11.6 Å². The van der Waals surface area contributed by atoms with Gasteiger partial charge < -0.3 is 0 Å². The molecule has 0 spiro atoms. The summed E-state index contributed by atoms with van der Waals surface area (Å²) < 4.78 is 28.5. The molecule has 2 heterocycles. The Labute approximate surface area is 129 Å². The van der Waals surface area contributed by atoms with Gasteiger partial charge in [-0.25, -0.2) is 18.7 Å². The molecule has 6 nitrogen and oxygen atoms in total. The molecule has 1 amide bonds. The monoisotopic (exact) mass is 315 g/mol. The minimum absolute atomic E-state index is 0.0232. The maximum Gasteiger partial charge on any atom is 0.278 e. The molecule has 0 bridgehead atoms. The number of anilines is 1. The van der Waals surface area contributed by atoms with Crippen molar-refractivity contribution in [2.45, 2.75) is 0 Å². The molecule has 0 saturated carbocycles. The van der Waals surface area contributed by atoms with Crippen molar-refractivity contribution in [2.24, 2.45) is 7.05 Å². The molecular weight excluding hydrogens is 304 g/mol. The van der Waals surface area contributed by atoms with E-state index < -0.39 is 17.5 Å². The van der Waals surface area contributed by atoms with E-state index in [1.54, 1.807) is 6.07 Å². The molecule has 3 rings (SSSR count). The zero-order chi connectivity index (χ0) is 16.4. The molecule has 23 heavy (non-hydrogen) atoms. The number of nitrogens with one attached hydrogen (secondary N) is 1. The molecule has 0 atom stereocenters. The van der Waals surface area contributed by atoms with Crippen molar-refractivity contribution in [1.29, 1.82) is 0 Å². The lowest BCUT2D eigenvalue weighted by Crippen LogP contribution is -2.14. The number of benzene rings is 1. The number of halogens is 2. The van der Waals surface area contributed by atoms with Gasteiger partial charge in [0.25, 0.3) is 5.91 Å². The first kappa shape index (κ1) is 14.8. The highest BCUT2D eigenvalue weighted by molar-refractivity contribution is 6.02. The van der Waals surface area contributed by atoms with Crippen LogP contribution in [-0.4, -0.2) is 25.7 Å². The molecule has 0 radical (unpaired) electrons. The average molecular weight is 315 g/mol. The van der Waals surface area contributed by atoms with Crippen molar-refractivity contribution in [2.75, 3.05) is 5.32 Å². The lowest BCUT2D eigenvalue weighted by atomic mass is 10.1. The highest BCUT2D eigenvalue weighted by atomic mass is 19.1. The second-order valence-electron chi connectivity index (χ2n) is 4.69. The van der Waals surface area contributed by atoms with Gasteiger partial charge in [0.2, 0.25) is 5.95 Å². The van der Waals surface area contributed by atoms with Crippen LogP contribution in [0.5, 0.6) is 0 Å². The van der Waals surface area contributed by atoms with Crippen molar-refractivity contribution >= 4 is 11.9 Å².